The van der Waals surface area contributed by atoms with Gasteiger partial charge in [0.15, 0.2) is 0 Å². The zero-order chi connectivity index (χ0) is 24.1. The number of carboxylic acid groups (broad SMARTS) is 1. The first-order valence-corrected chi connectivity index (χ1v) is 11.1. The van der Waals surface area contributed by atoms with Crippen LogP contribution in [0.4, 0.5) is 0 Å². The van der Waals surface area contributed by atoms with Crippen molar-refractivity contribution in [1.29, 1.82) is 0 Å². The van der Waals surface area contributed by atoms with Crippen molar-refractivity contribution >= 4 is 41.4 Å². The average Bonchev–Trinajstić information content (AvgIpc) is 3.24. The summed E-state index contributed by atoms with van der Waals surface area (Å²) in [7, 11) is 0. The molecule has 0 saturated carbocycles. The molecule has 3 atom stereocenters. The lowest BCUT2D eigenvalue weighted by molar-refractivity contribution is -0.142. The summed E-state index contributed by atoms with van der Waals surface area (Å²) in [5.41, 5.74) is 11.5. The summed E-state index contributed by atoms with van der Waals surface area (Å²) < 4.78 is 0. The number of nitrogens with one attached hydrogen (secondary N) is 4. The van der Waals surface area contributed by atoms with Crippen LogP contribution in [0.1, 0.15) is 25.0 Å². The highest BCUT2D eigenvalue weighted by atomic mass is 32.2. The fraction of sp³-hybridized carbons (Fsp3) is 0.556. The number of aliphatic carboxylic acids is 1. The van der Waals surface area contributed by atoms with Gasteiger partial charge in [-0.2, -0.15) is 11.8 Å². The Morgan fingerprint density at radius 1 is 1.16 bits per heavy atom. The van der Waals surface area contributed by atoms with E-state index in [0.717, 1.165) is 0 Å². The Bertz CT molecular complexity index is 789. The molecule has 0 saturated heterocycles. The van der Waals surface area contributed by atoms with Crippen LogP contribution in [0.25, 0.3) is 0 Å². The minimum atomic E-state index is -1.33. The van der Waals surface area contributed by atoms with Crippen LogP contribution in [-0.2, 0) is 30.4 Å². The molecular formula is C18H29N7O6S. The third-order valence-electron chi connectivity index (χ3n) is 4.31. The van der Waals surface area contributed by atoms with Gasteiger partial charge in [0.1, 0.15) is 12.1 Å². The van der Waals surface area contributed by atoms with Gasteiger partial charge >= 0.3 is 5.97 Å². The van der Waals surface area contributed by atoms with Gasteiger partial charge in [0, 0.05) is 24.7 Å². The Morgan fingerprint density at radius 3 is 2.44 bits per heavy atom. The Kier molecular flexibility index (Phi) is 11.8. The van der Waals surface area contributed by atoms with Gasteiger partial charge in [-0.05, 0) is 24.9 Å². The van der Waals surface area contributed by atoms with Crippen molar-refractivity contribution in [3.63, 3.8) is 0 Å². The lowest BCUT2D eigenvalue weighted by atomic mass is 10.1. The topological polar surface area (TPSA) is 222 Å². The maximum Gasteiger partial charge on any atom is 0.326 e. The van der Waals surface area contributed by atoms with Gasteiger partial charge in [-0.15, -0.1) is 0 Å². The molecule has 0 radical (unpaired) electrons. The lowest BCUT2D eigenvalue weighted by Crippen LogP contribution is -2.54. The normalized spacial score (nSPS) is 13.4. The van der Waals surface area contributed by atoms with E-state index in [1.807, 2.05) is 6.26 Å². The first-order chi connectivity index (χ1) is 15.1. The molecule has 1 rings (SSSR count). The fourth-order valence-corrected chi connectivity index (χ4v) is 3.06. The molecule has 0 fully saturated rings. The van der Waals surface area contributed by atoms with Gasteiger partial charge in [-0.25, -0.2) is 9.78 Å². The van der Waals surface area contributed by atoms with Gasteiger partial charge in [-0.3, -0.25) is 19.2 Å². The second-order valence-electron chi connectivity index (χ2n) is 6.91. The molecule has 13 nitrogen and oxygen atoms in total. The molecule has 0 aliphatic rings. The van der Waals surface area contributed by atoms with E-state index in [2.05, 4.69) is 25.9 Å². The highest BCUT2D eigenvalue weighted by Gasteiger charge is 2.27. The van der Waals surface area contributed by atoms with E-state index in [0.29, 0.717) is 11.4 Å². The molecule has 9 N–H and O–H groups in total. The Balaban J connectivity index is 2.61. The molecule has 0 bridgehead atoms. The van der Waals surface area contributed by atoms with E-state index in [-0.39, 0.29) is 25.7 Å². The van der Waals surface area contributed by atoms with Crippen LogP contribution in [0.2, 0.25) is 0 Å². The number of amides is 4. The van der Waals surface area contributed by atoms with E-state index < -0.39 is 54.3 Å². The number of carbonyl (C=O) groups excluding carboxylic acids is 4. The number of aromatic amines is 1. The molecule has 0 spiro atoms. The van der Waals surface area contributed by atoms with Gasteiger partial charge < -0.3 is 37.5 Å². The molecule has 32 heavy (non-hydrogen) atoms. The number of imidazole rings is 1. The van der Waals surface area contributed by atoms with Crippen LogP contribution in [0.3, 0.4) is 0 Å². The minimum absolute atomic E-state index is 0.177. The van der Waals surface area contributed by atoms with Crippen LogP contribution in [0, 0.1) is 0 Å². The predicted octanol–water partition coefficient (Wildman–Crippen LogP) is -2.53. The van der Waals surface area contributed by atoms with Gasteiger partial charge in [0.2, 0.25) is 23.6 Å². The second-order valence-corrected chi connectivity index (χ2v) is 7.90. The molecule has 0 aromatic carbocycles. The number of hydrogen-bond acceptors (Lipinski definition) is 8. The molecule has 14 heteroatoms. The molecule has 4 amide bonds. The molecule has 0 aliphatic carbocycles. The average molecular weight is 472 g/mol. The molecular weight excluding hydrogens is 442 g/mol. The number of thioether (sulfide) groups is 1. The maximum absolute atomic E-state index is 12.5. The zero-order valence-corrected chi connectivity index (χ0v) is 18.4. The maximum atomic E-state index is 12.5. The van der Waals surface area contributed by atoms with Crippen LogP contribution in [0.15, 0.2) is 12.5 Å². The van der Waals surface area contributed by atoms with Gasteiger partial charge in [0.05, 0.1) is 18.9 Å². The smallest absolute Gasteiger partial charge is 0.326 e. The Hall–Kier alpha value is -3.13. The first kappa shape index (κ1) is 26.9. The summed E-state index contributed by atoms with van der Waals surface area (Å²) in [6.45, 7) is -0.414. The van der Waals surface area contributed by atoms with Crippen molar-refractivity contribution in [2.24, 2.45) is 11.5 Å². The molecule has 1 aromatic heterocycles. The third kappa shape index (κ3) is 10.3. The van der Waals surface area contributed by atoms with Crippen molar-refractivity contribution in [2.45, 2.75) is 43.8 Å². The summed E-state index contributed by atoms with van der Waals surface area (Å²) in [6.07, 6.45) is 4.83. The summed E-state index contributed by atoms with van der Waals surface area (Å²) in [5, 5.41) is 16.4. The number of aromatic nitrogens is 2. The standard InChI is InChI=1S/C18H29N7O6S/c1-32-5-4-12(17(29)25-13(18(30)31)2-3-14(20)26)24-15(27)8-22-16(28)11(19)6-10-7-21-9-23-10/h7,9,11-13H,2-6,8,19H2,1H3,(H2,20,26)(H,21,23)(H,22,28)(H,24,27)(H,25,29)(H,30,31). The summed E-state index contributed by atoms with van der Waals surface area (Å²) in [5.74, 6) is -3.42. The summed E-state index contributed by atoms with van der Waals surface area (Å²) >= 11 is 1.43. The monoisotopic (exact) mass is 471 g/mol. The highest BCUT2D eigenvalue weighted by molar-refractivity contribution is 7.98. The number of hydrogen-bond donors (Lipinski definition) is 7. The second kappa shape index (κ2) is 14.0. The number of carbonyl (C=O) groups is 5. The fourth-order valence-electron chi connectivity index (χ4n) is 2.59. The predicted molar refractivity (Wildman–Crippen MR) is 116 cm³/mol. The van der Waals surface area contributed by atoms with E-state index in [1.54, 1.807) is 0 Å². The van der Waals surface area contributed by atoms with Gasteiger partial charge in [0.25, 0.3) is 0 Å². The van der Waals surface area contributed by atoms with Crippen LogP contribution >= 0.6 is 11.8 Å². The summed E-state index contributed by atoms with van der Waals surface area (Å²) in [6, 6.07) is -3.26. The minimum Gasteiger partial charge on any atom is -0.480 e. The zero-order valence-electron chi connectivity index (χ0n) is 17.6. The first-order valence-electron chi connectivity index (χ1n) is 9.74. The molecule has 0 aliphatic heterocycles. The molecule has 1 aromatic rings. The molecule has 3 unspecified atom stereocenters. The van der Waals surface area contributed by atoms with E-state index in [1.165, 1.54) is 24.3 Å². The van der Waals surface area contributed by atoms with Crippen molar-refractivity contribution in [3.05, 3.63) is 18.2 Å². The Labute approximate surface area is 188 Å². The van der Waals surface area contributed by atoms with E-state index >= 15 is 0 Å². The van der Waals surface area contributed by atoms with Crippen LogP contribution in [-0.4, -0.2) is 81.4 Å². The SMILES string of the molecule is CSCCC(NC(=O)CNC(=O)C(N)Cc1cnc[nH]1)C(=O)NC(CCC(N)=O)C(=O)O. The molecule has 178 valence electrons. The summed E-state index contributed by atoms with van der Waals surface area (Å²) in [4.78, 5) is 65.8. The third-order valence-corrected chi connectivity index (χ3v) is 4.95. The van der Waals surface area contributed by atoms with Crippen molar-refractivity contribution in [2.75, 3.05) is 18.6 Å². The number of rotatable bonds is 15. The van der Waals surface area contributed by atoms with Crippen LogP contribution in [0.5, 0.6) is 0 Å². The van der Waals surface area contributed by atoms with Crippen molar-refractivity contribution < 1.29 is 29.1 Å². The van der Waals surface area contributed by atoms with Crippen LogP contribution < -0.4 is 27.4 Å². The number of carboxylic acids is 1. The van der Waals surface area contributed by atoms with E-state index in [9.17, 15) is 29.1 Å². The molecule has 1 heterocycles. The Morgan fingerprint density at radius 2 is 1.88 bits per heavy atom. The highest BCUT2D eigenvalue weighted by Crippen LogP contribution is 2.04. The van der Waals surface area contributed by atoms with Crippen molar-refractivity contribution in [1.82, 2.24) is 25.9 Å². The number of primary amides is 1. The quantitative estimate of drug-likeness (QED) is 0.143. The van der Waals surface area contributed by atoms with Gasteiger partial charge in [-0.1, -0.05) is 0 Å². The number of H-pyrrole nitrogens is 1. The number of nitrogens with zero attached hydrogens (tertiary/aromatic N) is 1. The van der Waals surface area contributed by atoms with E-state index in [4.69, 9.17) is 11.5 Å². The largest absolute Gasteiger partial charge is 0.480 e. The van der Waals surface area contributed by atoms with Crippen molar-refractivity contribution in [3.8, 4) is 0 Å². The lowest BCUT2D eigenvalue weighted by Gasteiger charge is -2.21. The number of nitrogens with two attached hydrogens (primary N) is 2.